The predicted molar refractivity (Wildman–Crippen MR) is 122 cm³/mol. The lowest BCUT2D eigenvalue weighted by atomic mass is 9.73. The van der Waals surface area contributed by atoms with Crippen molar-refractivity contribution in [2.24, 2.45) is 10.4 Å². The van der Waals surface area contributed by atoms with Crippen molar-refractivity contribution >= 4 is 45.6 Å². The summed E-state index contributed by atoms with van der Waals surface area (Å²) < 4.78 is 25.7. The second-order valence-electron chi connectivity index (χ2n) is 7.66. The number of para-hydroxylation sites is 1. The molecule has 1 saturated carbocycles. The zero-order chi connectivity index (χ0) is 18.6. The van der Waals surface area contributed by atoms with Crippen molar-refractivity contribution in [1.82, 2.24) is 10.2 Å². The summed E-state index contributed by atoms with van der Waals surface area (Å²) in [7, 11) is -1.48. The van der Waals surface area contributed by atoms with E-state index < -0.39 is 10.0 Å². The minimum atomic E-state index is -3.30. The molecule has 27 heavy (non-hydrogen) atoms. The highest BCUT2D eigenvalue weighted by atomic mass is 127. The number of rotatable bonds is 4. The molecule has 152 valence electrons. The fourth-order valence-corrected chi connectivity index (χ4v) is 4.90. The normalized spacial score (nSPS) is 19.6. The van der Waals surface area contributed by atoms with Crippen molar-refractivity contribution in [3.05, 3.63) is 29.8 Å². The van der Waals surface area contributed by atoms with Gasteiger partial charge in [0, 0.05) is 26.7 Å². The Labute approximate surface area is 180 Å². The Morgan fingerprint density at radius 1 is 1.19 bits per heavy atom. The van der Waals surface area contributed by atoms with Crippen molar-refractivity contribution in [1.29, 1.82) is 0 Å². The summed E-state index contributed by atoms with van der Waals surface area (Å²) in [5.41, 5.74) is 2.00. The number of nitrogens with one attached hydrogen (secondary N) is 2. The summed E-state index contributed by atoms with van der Waals surface area (Å²) in [6.07, 6.45) is 9.17. The fraction of sp³-hybridized carbons (Fsp3) is 0.632. The highest BCUT2D eigenvalue weighted by molar-refractivity contribution is 14.0. The van der Waals surface area contributed by atoms with Crippen molar-refractivity contribution in [3.8, 4) is 0 Å². The minimum absolute atomic E-state index is 0. The molecule has 1 heterocycles. The number of hydrogen-bond acceptors (Lipinski definition) is 3. The van der Waals surface area contributed by atoms with Gasteiger partial charge in [0.15, 0.2) is 5.96 Å². The van der Waals surface area contributed by atoms with Crippen LogP contribution in [-0.4, -0.2) is 45.7 Å². The molecule has 2 fully saturated rings. The van der Waals surface area contributed by atoms with Gasteiger partial charge in [0.25, 0.3) is 0 Å². The van der Waals surface area contributed by atoms with E-state index in [1.807, 2.05) is 25.2 Å². The van der Waals surface area contributed by atoms with E-state index in [2.05, 4.69) is 19.9 Å². The SMILES string of the molecule is CN=C(NCc1ccccc1NS(C)(=O)=O)N1CCC2(CCCCC2)C1.I. The zero-order valence-electron chi connectivity index (χ0n) is 16.2. The van der Waals surface area contributed by atoms with E-state index in [9.17, 15) is 8.42 Å². The molecule has 2 N–H and O–H groups in total. The molecule has 3 rings (SSSR count). The topological polar surface area (TPSA) is 73.8 Å². The van der Waals surface area contributed by atoms with Crippen LogP contribution in [0.1, 0.15) is 44.1 Å². The summed E-state index contributed by atoms with van der Waals surface area (Å²) >= 11 is 0. The van der Waals surface area contributed by atoms with E-state index in [4.69, 9.17) is 0 Å². The molecule has 0 radical (unpaired) electrons. The molecular formula is C19H31IN4O2S. The van der Waals surface area contributed by atoms with Gasteiger partial charge in [-0.2, -0.15) is 0 Å². The van der Waals surface area contributed by atoms with Crippen molar-refractivity contribution in [2.45, 2.75) is 45.1 Å². The number of anilines is 1. The molecule has 0 bridgehead atoms. The van der Waals surface area contributed by atoms with E-state index in [1.165, 1.54) is 44.8 Å². The number of aliphatic imine (C=N–C) groups is 1. The molecule has 0 amide bonds. The van der Waals surface area contributed by atoms with Crippen molar-refractivity contribution in [3.63, 3.8) is 0 Å². The van der Waals surface area contributed by atoms with Crippen LogP contribution in [0.2, 0.25) is 0 Å². The zero-order valence-corrected chi connectivity index (χ0v) is 19.3. The molecule has 8 heteroatoms. The van der Waals surface area contributed by atoms with Crippen molar-refractivity contribution in [2.75, 3.05) is 31.1 Å². The summed E-state index contributed by atoms with van der Waals surface area (Å²) in [6, 6.07) is 7.47. The van der Waals surface area contributed by atoms with E-state index in [0.717, 1.165) is 24.6 Å². The summed E-state index contributed by atoms with van der Waals surface area (Å²) in [4.78, 5) is 6.82. The molecule has 1 saturated heterocycles. The van der Waals surface area contributed by atoms with Crippen LogP contribution in [0.25, 0.3) is 0 Å². The van der Waals surface area contributed by atoms with Crippen LogP contribution < -0.4 is 10.0 Å². The van der Waals surface area contributed by atoms with Gasteiger partial charge < -0.3 is 10.2 Å². The van der Waals surface area contributed by atoms with E-state index in [1.54, 1.807) is 6.07 Å². The molecule has 1 spiro atoms. The maximum atomic E-state index is 11.6. The second-order valence-corrected chi connectivity index (χ2v) is 9.41. The molecule has 1 aromatic rings. The number of guanidine groups is 1. The number of nitrogens with zero attached hydrogens (tertiary/aromatic N) is 2. The Hall–Kier alpha value is -1.03. The maximum absolute atomic E-state index is 11.6. The summed E-state index contributed by atoms with van der Waals surface area (Å²) in [6.45, 7) is 2.66. The molecule has 0 unspecified atom stereocenters. The van der Waals surface area contributed by atoms with Crippen LogP contribution in [0.4, 0.5) is 5.69 Å². The van der Waals surface area contributed by atoms with Crippen LogP contribution in [-0.2, 0) is 16.6 Å². The first kappa shape index (κ1) is 22.3. The Kier molecular flexibility index (Phi) is 7.79. The van der Waals surface area contributed by atoms with E-state index in [-0.39, 0.29) is 24.0 Å². The lowest BCUT2D eigenvalue weighted by Crippen LogP contribution is -2.41. The molecule has 0 aromatic heterocycles. The van der Waals surface area contributed by atoms with E-state index >= 15 is 0 Å². The molecule has 6 nitrogen and oxygen atoms in total. The van der Waals surface area contributed by atoms with Crippen LogP contribution in [0.5, 0.6) is 0 Å². The Morgan fingerprint density at radius 2 is 1.89 bits per heavy atom. The quantitative estimate of drug-likeness (QED) is 0.373. The standard InChI is InChI=1S/C19H30N4O2S.HI/c1-20-18(23-13-12-19(15-23)10-6-3-7-11-19)21-14-16-8-4-5-9-17(16)22-26(2,24)25;/h4-5,8-9,22H,3,6-7,10-15H2,1-2H3,(H,20,21);1H. The van der Waals surface area contributed by atoms with Gasteiger partial charge in [0.1, 0.15) is 0 Å². The molecule has 1 aliphatic heterocycles. The third kappa shape index (κ3) is 5.97. The third-order valence-corrected chi connectivity index (χ3v) is 6.20. The second kappa shape index (κ2) is 9.45. The van der Waals surface area contributed by atoms with Gasteiger partial charge in [-0.1, -0.05) is 37.5 Å². The van der Waals surface area contributed by atoms with Gasteiger partial charge in [0.2, 0.25) is 10.0 Å². The largest absolute Gasteiger partial charge is 0.352 e. The molecule has 1 aromatic carbocycles. The maximum Gasteiger partial charge on any atom is 0.229 e. The fourth-order valence-electron chi connectivity index (χ4n) is 4.31. The van der Waals surface area contributed by atoms with Gasteiger partial charge in [0.05, 0.1) is 11.9 Å². The van der Waals surface area contributed by atoms with Crippen LogP contribution in [0, 0.1) is 5.41 Å². The third-order valence-electron chi connectivity index (χ3n) is 5.61. The number of benzene rings is 1. The lowest BCUT2D eigenvalue weighted by molar-refractivity contribution is 0.203. The number of sulfonamides is 1. The summed E-state index contributed by atoms with van der Waals surface area (Å²) in [5, 5.41) is 3.42. The summed E-state index contributed by atoms with van der Waals surface area (Å²) in [5.74, 6) is 0.904. The monoisotopic (exact) mass is 506 g/mol. The highest BCUT2D eigenvalue weighted by Gasteiger charge is 2.39. The first-order valence-electron chi connectivity index (χ1n) is 9.42. The van der Waals surface area contributed by atoms with Crippen LogP contribution in [0.15, 0.2) is 29.3 Å². The average molecular weight is 506 g/mol. The first-order chi connectivity index (χ1) is 12.4. The first-order valence-corrected chi connectivity index (χ1v) is 11.3. The average Bonchev–Trinajstić information content (AvgIpc) is 2.99. The van der Waals surface area contributed by atoms with Gasteiger partial charge >= 0.3 is 0 Å². The predicted octanol–water partition coefficient (Wildman–Crippen LogP) is 3.41. The molecular weight excluding hydrogens is 475 g/mol. The van der Waals surface area contributed by atoms with Gasteiger partial charge in [-0.25, -0.2) is 8.42 Å². The number of hydrogen-bond donors (Lipinski definition) is 2. The Bertz CT molecular complexity index is 761. The number of likely N-dealkylation sites (tertiary alicyclic amines) is 1. The van der Waals surface area contributed by atoms with Gasteiger partial charge in [-0.15, -0.1) is 24.0 Å². The smallest absolute Gasteiger partial charge is 0.229 e. The van der Waals surface area contributed by atoms with Crippen LogP contribution >= 0.6 is 24.0 Å². The number of halogens is 1. The lowest BCUT2D eigenvalue weighted by Gasteiger charge is -2.33. The van der Waals surface area contributed by atoms with Gasteiger partial charge in [-0.3, -0.25) is 9.71 Å². The van der Waals surface area contributed by atoms with Crippen LogP contribution in [0.3, 0.4) is 0 Å². The van der Waals surface area contributed by atoms with Crippen molar-refractivity contribution < 1.29 is 8.42 Å². The van der Waals surface area contributed by atoms with E-state index in [0.29, 0.717) is 17.6 Å². The molecule has 2 aliphatic rings. The molecule has 0 atom stereocenters. The Morgan fingerprint density at radius 3 is 2.56 bits per heavy atom. The minimum Gasteiger partial charge on any atom is -0.352 e. The highest BCUT2D eigenvalue weighted by Crippen LogP contribution is 2.43. The Balaban J connectivity index is 0.00000261. The molecule has 1 aliphatic carbocycles. The van der Waals surface area contributed by atoms with Gasteiger partial charge in [-0.05, 0) is 36.3 Å².